The van der Waals surface area contributed by atoms with E-state index < -0.39 is 0 Å². The highest BCUT2D eigenvalue weighted by molar-refractivity contribution is 7.15. The molecule has 2 heterocycles. The van der Waals surface area contributed by atoms with E-state index in [1.54, 1.807) is 11.3 Å². The van der Waals surface area contributed by atoms with E-state index in [4.69, 9.17) is 5.73 Å². The van der Waals surface area contributed by atoms with Gasteiger partial charge in [0.15, 0.2) is 5.13 Å². The van der Waals surface area contributed by atoms with E-state index in [0.717, 1.165) is 22.5 Å². The van der Waals surface area contributed by atoms with Crippen LogP contribution in [0.2, 0.25) is 0 Å². The van der Waals surface area contributed by atoms with Gasteiger partial charge in [-0.1, -0.05) is 0 Å². The zero-order valence-electron chi connectivity index (χ0n) is 10.9. The predicted octanol–water partition coefficient (Wildman–Crippen LogP) is 1.55. The summed E-state index contributed by atoms with van der Waals surface area (Å²) in [7, 11) is 4.32. The highest BCUT2D eigenvalue weighted by Gasteiger charge is 2.21. The molecule has 5 heteroatoms. The van der Waals surface area contributed by atoms with Crippen LogP contribution in [0.3, 0.4) is 0 Å². The summed E-state index contributed by atoms with van der Waals surface area (Å²) >= 11 is 1.71. The van der Waals surface area contributed by atoms with E-state index >= 15 is 0 Å². The summed E-state index contributed by atoms with van der Waals surface area (Å²) in [6, 6.07) is 0.0901. The van der Waals surface area contributed by atoms with Gasteiger partial charge in [-0.05, 0) is 32.9 Å². The molecule has 96 valence electrons. The number of likely N-dealkylation sites (tertiary alicyclic amines) is 1. The Labute approximate surface area is 107 Å². The zero-order chi connectivity index (χ0) is 12.4. The van der Waals surface area contributed by atoms with E-state index in [0.29, 0.717) is 0 Å². The monoisotopic (exact) mass is 254 g/mol. The first-order chi connectivity index (χ1) is 8.06. The minimum Gasteiger partial charge on any atom is -0.351 e. The van der Waals surface area contributed by atoms with Crippen LogP contribution in [0.25, 0.3) is 0 Å². The molecule has 0 bridgehead atoms. The number of aromatic nitrogens is 1. The van der Waals surface area contributed by atoms with Gasteiger partial charge >= 0.3 is 0 Å². The molecule has 0 radical (unpaired) electrons. The molecule has 0 amide bonds. The van der Waals surface area contributed by atoms with E-state index in [1.807, 2.05) is 13.1 Å². The van der Waals surface area contributed by atoms with Gasteiger partial charge in [0, 0.05) is 37.3 Å². The molecule has 1 fully saturated rings. The second-order valence-electron chi connectivity index (χ2n) is 5.13. The van der Waals surface area contributed by atoms with Crippen LogP contribution in [0.4, 0.5) is 5.13 Å². The molecule has 1 aromatic rings. The average molecular weight is 254 g/mol. The third kappa shape index (κ3) is 3.18. The fourth-order valence-corrected chi connectivity index (χ4v) is 3.14. The number of rotatable bonds is 4. The fourth-order valence-electron chi connectivity index (χ4n) is 2.30. The Morgan fingerprint density at radius 2 is 2.47 bits per heavy atom. The number of hydrogen-bond donors (Lipinski definition) is 1. The molecule has 1 aliphatic heterocycles. The Hall–Kier alpha value is -0.650. The molecule has 2 rings (SSSR count). The first-order valence-corrected chi connectivity index (χ1v) is 6.99. The highest BCUT2D eigenvalue weighted by Crippen LogP contribution is 2.26. The lowest BCUT2D eigenvalue weighted by atomic mass is 10.1. The SMILES string of the molecule is CC(N)c1cnc(N(C)CC2CCN(C)C2)s1. The molecule has 1 aromatic heterocycles. The molecule has 2 N–H and O–H groups in total. The van der Waals surface area contributed by atoms with Crippen molar-refractivity contribution in [2.24, 2.45) is 11.7 Å². The second kappa shape index (κ2) is 5.33. The number of anilines is 1. The minimum absolute atomic E-state index is 0.0901. The van der Waals surface area contributed by atoms with Crippen LogP contribution in [0, 0.1) is 5.92 Å². The number of thiazole rings is 1. The summed E-state index contributed by atoms with van der Waals surface area (Å²) in [6.07, 6.45) is 3.20. The van der Waals surface area contributed by atoms with Crippen molar-refractivity contribution in [3.63, 3.8) is 0 Å². The maximum absolute atomic E-state index is 5.85. The largest absolute Gasteiger partial charge is 0.351 e. The average Bonchev–Trinajstić information content (AvgIpc) is 2.86. The first kappa shape index (κ1) is 12.8. The Kier molecular flexibility index (Phi) is 4.01. The third-order valence-corrected chi connectivity index (χ3v) is 4.62. The van der Waals surface area contributed by atoms with Gasteiger partial charge in [0.1, 0.15) is 0 Å². The Balaban J connectivity index is 1.92. The molecule has 2 unspecified atom stereocenters. The van der Waals surface area contributed by atoms with Crippen LogP contribution >= 0.6 is 11.3 Å². The minimum atomic E-state index is 0.0901. The lowest BCUT2D eigenvalue weighted by Crippen LogP contribution is -2.27. The van der Waals surface area contributed by atoms with Crippen LogP contribution < -0.4 is 10.6 Å². The summed E-state index contributed by atoms with van der Waals surface area (Å²) in [5.74, 6) is 0.771. The molecular formula is C12H22N4S. The van der Waals surface area contributed by atoms with E-state index in [9.17, 15) is 0 Å². The van der Waals surface area contributed by atoms with Gasteiger partial charge in [-0.2, -0.15) is 0 Å². The van der Waals surface area contributed by atoms with Crippen molar-refractivity contribution >= 4 is 16.5 Å². The number of hydrogen-bond acceptors (Lipinski definition) is 5. The smallest absolute Gasteiger partial charge is 0.185 e. The molecule has 2 atom stereocenters. The first-order valence-electron chi connectivity index (χ1n) is 6.17. The summed E-state index contributed by atoms with van der Waals surface area (Å²) in [4.78, 5) is 10.3. The van der Waals surface area contributed by atoms with Crippen molar-refractivity contribution in [1.29, 1.82) is 0 Å². The molecule has 1 saturated heterocycles. The van der Waals surface area contributed by atoms with E-state index in [2.05, 4.69) is 28.9 Å². The molecule has 0 aliphatic carbocycles. The van der Waals surface area contributed by atoms with Gasteiger partial charge in [0.05, 0.1) is 0 Å². The van der Waals surface area contributed by atoms with Crippen LogP contribution in [0.1, 0.15) is 24.3 Å². The Morgan fingerprint density at radius 3 is 3.00 bits per heavy atom. The summed E-state index contributed by atoms with van der Waals surface area (Å²) in [5, 5.41) is 1.09. The number of nitrogens with two attached hydrogens (primary N) is 1. The quantitative estimate of drug-likeness (QED) is 0.885. The molecule has 0 spiro atoms. The Morgan fingerprint density at radius 1 is 1.71 bits per heavy atom. The molecule has 1 aliphatic rings. The molecule has 4 nitrogen and oxygen atoms in total. The second-order valence-corrected chi connectivity index (χ2v) is 6.17. The van der Waals surface area contributed by atoms with Crippen LogP contribution in [0.5, 0.6) is 0 Å². The molecule has 0 saturated carbocycles. The van der Waals surface area contributed by atoms with Crippen molar-refractivity contribution in [3.05, 3.63) is 11.1 Å². The molecule has 17 heavy (non-hydrogen) atoms. The number of nitrogens with zero attached hydrogens (tertiary/aromatic N) is 3. The summed E-state index contributed by atoms with van der Waals surface area (Å²) in [6.45, 7) is 5.52. The highest BCUT2D eigenvalue weighted by atomic mass is 32.1. The fraction of sp³-hybridized carbons (Fsp3) is 0.750. The molecular weight excluding hydrogens is 232 g/mol. The van der Waals surface area contributed by atoms with Crippen molar-refractivity contribution in [2.45, 2.75) is 19.4 Å². The third-order valence-electron chi connectivity index (χ3n) is 3.31. The van der Waals surface area contributed by atoms with Gasteiger partial charge in [0.2, 0.25) is 0 Å². The maximum atomic E-state index is 5.85. The lowest BCUT2D eigenvalue weighted by Gasteiger charge is -2.20. The van der Waals surface area contributed by atoms with Gasteiger partial charge in [-0.3, -0.25) is 0 Å². The van der Waals surface area contributed by atoms with Crippen LogP contribution in [0.15, 0.2) is 6.20 Å². The van der Waals surface area contributed by atoms with Crippen molar-refractivity contribution in [1.82, 2.24) is 9.88 Å². The lowest BCUT2D eigenvalue weighted by molar-refractivity contribution is 0.396. The van der Waals surface area contributed by atoms with Crippen molar-refractivity contribution in [3.8, 4) is 0 Å². The van der Waals surface area contributed by atoms with Crippen LogP contribution in [-0.2, 0) is 0 Å². The van der Waals surface area contributed by atoms with Gasteiger partial charge < -0.3 is 15.5 Å². The predicted molar refractivity (Wildman–Crippen MR) is 73.6 cm³/mol. The van der Waals surface area contributed by atoms with Gasteiger partial charge in [0.25, 0.3) is 0 Å². The summed E-state index contributed by atoms with van der Waals surface area (Å²) in [5.41, 5.74) is 5.85. The van der Waals surface area contributed by atoms with E-state index in [-0.39, 0.29) is 6.04 Å². The standard InChI is InChI=1S/C12H22N4S/c1-9(13)11-6-14-12(17-11)16(3)8-10-4-5-15(2)7-10/h6,9-10H,4-5,7-8,13H2,1-3H3. The molecule has 0 aromatic carbocycles. The normalized spacial score (nSPS) is 22.9. The summed E-state index contributed by atoms with van der Waals surface area (Å²) < 4.78 is 0. The Bertz CT molecular complexity index is 363. The van der Waals surface area contributed by atoms with Gasteiger partial charge in [-0.25, -0.2) is 4.98 Å². The van der Waals surface area contributed by atoms with E-state index in [1.165, 1.54) is 19.5 Å². The van der Waals surface area contributed by atoms with Gasteiger partial charge in [-0.15, -0.1) is 11.3 Å². The van der Waals surface area contributed by atoms with Crippen molar-refractivity contribution in [2.75, 3.05) is 38.6 Å². The van der Waals surface area contributed by atoms with Crippen molar-refractivity contribution < 1.29 is 0 Å². The van der Waals surface area contributed by atoms with Crippen LogP contribution in [-0.4, -0.2) is 43.6 Å². The maximum Gasteiger partial charge on any atom is 0.185 e. The zero-order valence-corrected chi connectivity index (χ0v) is 11.7. The topological polar surface area (TPSA) is 45.4 Å².